The van der Waals surface area contributed by atoms with Gasteiger partial charge >= 0.3 is 0 Å². The summed E-state index contributed by atoms with van der Waals surface area (Å²) >= 11 is 0. The fourth-order valence-electron chi connectivity index (χ4n) is 2.61. The molecule has 0 saturated carbocycles. The minimum Gasteiger partial charge on any atom is -0.496 e. The maximum absolute atomic E-state index is 8.06. The summed E-state index contributed by atoms with van der Waals surface area (Å²) in [5.74, 6) is 7.41. The molecular weight excluding hydrogens is 328 g/mol. The van der Waals surface area contributed by atoms with Gasteiger partial charge in [0.05, 0.1) is 24.1 Å². The van der Waals surface area contributed by atoms with Gasteiger partial charge in [0.2, 0.25) is 0 Å². The molecule has 0 atom stereocenters. The van der Waals surface area contributed by atoms with Crippen molar-refractivity contribution in [2.24, 2.45) is 5.84 Å². The van der Waals surface area contributed by atoms with Gasteiger partial charge in [0.25, 0.3) is 0 Å². The summed E-state index contributed by atoms with van der Waals surface area (Å²) in [7, 11) is 5.21. The van der Waals surface area contributed by atoms with Gasteiger partial charge in [-0.1, -0.05) is 6.07 Å². The second-order valence-electron chi connectivity index (χ2n) is 5.87. The molecule has 0 fully saturated rings. The summed E-state index contributed by atoms with van der Waals surface area (Å²) in [6.45, 7) is 2.30. The maximum atomic E-state index is 8.06. The summed E-state index contributed by atoms with van der Waals surface area (Å²) in [5, 5.41) is 12.5. The van der Waals surface area contributed by atoms with Gasteiger partial charge in [-0.3, -0.25) is 0 Å². The highest BCUT2D eigenvalue weighted by molar-refractivity contribution is 6.06. The number of allylic oxidation sites excluding steroid dienone is 1. The lowest BCUT2D eigenvalue weighted by Gasteiger charge is -2.20. The number of methoxy groups -OCH3 is 1. The Morgan fingerprint density at radius 1 is 1.27 bits per heavy atom. The van der Waals surface area contributed by atoms with Gasteiger partial charge in [-0.25, -0.2) is 5.84 Å². The van der Waals surface area contributed by atoms with Gasteiger partial charge in [-0.2, -0.15) is 0 Å². The minimum absolute atomic E-state index is 0.332. The predicted molar refractivity (Wildman–Crippen MR) is 106 cm³/mol. The molecule has 0 aliphatic carbocycles. The van der Waals surface area contributed by atoms with Crippen molar-refractivity contribution in [1.29, 1.82) is 5.41 Å². The van der Waals surface area contributed by atoms with Crippen LogP contribution in [0.2, 0.25) is 0 Å². The highest BCUT2D eigenvalue weighted by Crippen LogP contribution is 2.30. The third kappa shape index (κ3) is 4.55. The molecule has 0 saturated heterocycles. The van der Waals surface area contributed by atoms with Crippen molar-refractivity contribution in [3.8, 4) is 11.5 Å². The SMILES string of the molecule is CN/C=C\C(=N)c1ccc(OCc2c(OC)cccc2N(C)N)c(C)c1. The van der Waals surface area contributed by atoms with Crippen LogP contribution in [0.3, 0.4) is 0 Å². The first kappa shape index (κ1) is 19.3. The fraction of sp³-hybridized carbons (Fsp3) is 0.250. The topological polar surface area (TPSA) is 83.6 Å². The molecule has 138 valence electrons. The molecule has 0 aromatic heterocycles. The van der Waals surface area contributed by atoms with E-state index in [1.165, 1.54) is 0 Å². The van der Waals surface area contributed by atoms with Gasteiger partial charge in [0, 0.05) is 14.1 Å². The molecule has 6 nitrogen and oxygen atoms in total. The van der Waals surface area contributed by atoms with E-state index in [-0.39, 0.29) is 0 Å². The van der Waals surface area contributed by atoms with Crippen LogP contribution in [0.5, 0.6) is 11.5 Å². The second kappa shape index (κ2) is 8.92. The molecule has 0 unspecified atom stereocenters. The average molecular weight is 354 g/mol. The Labute approximate surface area is 154 Å². The number of anilines is 1. The number of nitrogens with zero attached hydrogens (tertiary/aromatic N) is 1. The third-order valence-corrected chi connectivity index (χ3v) is 3.98. The summed E-state index contributed by atoms with van der Waals surface area (Å²) in [6, 6.07) is 11.4. The smallest absolute Gasteiger partial charge is 0.127 e. The van der Waals surface area contributed by atoms with E-state index in [1.54, 1.807) is 38.5 Å². The van der Waals surface area contributed by atoms with E-state index in [0.29, 0.717) is 12.3 Å². The van der Waals surface area contributed by atoms with Crippen LogP contribution in [-0.2, 0) is 6.61 Å². The normalized spacial score (nSPS) is 10.7. The second-order valence-corrected chi connectivity index (χ2v) is 5.87. The molecular formula is C20H26N4O2. The molecule has 0 heterocycles. The molecule has 6 heteroatoms. The lowest BCUT2D eigenvalue weighted by Crippen LogP contribution is -2.26. The van der Waals surface area contributed by atoms with Crippen molar-refractivity contribution < 1.29 is 9.47 Å². The van der Waals surface area contributed by atoms with Gasteiger partial charge < -0.3 is 25.2 Å². The van der Waals surface area contributed by atoms with Crippen LogP contribution in [0.15, 0.2) is 48.7 Å². The van der Waals surface area contributed by atoms with E-state index >= 15 is 0 Å². The van der Waals surface area contributed by atoms with E-state index in [0.717, 1.165) is 33.9 Å². The van der Waals surface area contributed by atoms with Crippen molar-refractivity contribution in [3.63, 3.8) is 0 Å². The van der Waals surface area contributed by atoms with Crippen molar-refractivity contribution in [2.75, 3.05) is 26.2 Å². The van der Waals surface area contributed by atoms with Crippen LogP contribution in [-0.4, -0.2) is 26.9 Å². The highest BCUT2D eigenvalue weighted by Gasteiger charge is 2.13. The molecule has 2 rings (SSSR count). The van der Waals surface area contributed by atoms with Crippen LogP contribution in [0.4, 0.5) is 5.69 Å². The number of hydrazine groups is 1. The minimum atomic E-state index is 0.332. The zero-order valence-corrected chi connectivity index (χ0v) is 15.7. The van der Waals surface area contributed by atoms with Crippen LogP contribution in [0.1, 0.15) is 16.7 Å². The number of rotatable bonds is 8. The molecule has 0 radical (unpaired) electrons. The Morgan fingerprint density at radius 3 is 2.65 bits per heavy atom. The van der Waals surface area contributed by atoms with E-state index in [1.807, 2.05) is 43.3 Å². The molecule has 0 amide bonds. The summed E-state index contributed by atoms with van der Waals surface area (Å²) in [4.78, 5) is 0. The van der Waals surface area contributed by atoms with Gasteiger partial charge in [0.15, 0.2) is 0 Å². The van der Waals surface area contributed by atoms with Crippen molar-refractivity contribution in [1.82, 2.24) is 5.32 Å². The Balaban J connectivity index is 2.21. The number of hydrogen-bond acceptors (Lipinski definition) is 6. The molecule has 0 aliphatic heterocycles. The van der Waals surface area contributed by atoms with Crippen molar-refractivity contribution >= 4 is 11.4 Å². The largest absolute Gasteiger partial charge is 0.496 e. The predicted octanol–water partition coefficient (Wildman–Crippen LogP) is 2.99. The summed E-state index contributed by atoms with van der Waals surface area (Å²) in [5.41, 5.74) is 3.96. The molecule has 0 spiro atoms. The first-order valence-electron chi connectivity index (χ1n) is 8.28. The van der Waals surface area contributed by atoms with E-state index in [4.69, 9.17) is 20.7 Å². The molecule has 0 aliphatic rings. The maximum Gasteiger partial charge on any atom is 0.127 e. The summed E-state index contributed by atoms with van der Waals surface area (Å²) in [6.07, 6.45) is 3.45. The van der Waals surface area contributed by atoms with Gasteiger partial charge in [0.1, 0.15) is 18.1 Å². The molecule has 4 N–H and O–H groups in total. The standard InChI is InChI=1S/C20H26N4O2/c1-14-12-15(17(21)10-11-23-2)8-9-19(14)26-13-16-18(24(3)22)6-5-7-20(16)25-4/h5-12,21,23H,13,22H2,1-4H3/b11-10-,21-17?. The number of ether oxygens (including phenoxy) is 2. The number of hydrogen-bond donors (Lipinski definition) is 3. The van der Waals surface area contributed by atoms with E-state index < -0.39 is 0 Å². The van der Waals surface area contributed by atoms with Crippen molar-refractivity contribution in [2.45, 2.75) is 13.5 Å². The van der Waals surface area contributed by atoms with Gasteiger partial charge in [-0.15, -0.1) is 0 Å². The molecule has 26 heavy (non-hydrogen) atoms. The van der Waals surface area contributed by atoms with E-state index in [9.17, 15) is 0 Å². The number of aryl methyl sites for hydroxylation is 1. The summed E-state index contributed by atoms with van der Waals surface area (Å²) < 4.78 is 11.4. The zero-order chi connectivity index (χ0) is 19.1. The fourth-order valence-corrected chi connectivity index (χ4v) is 2.61. The number of nitrogens with one attached hydrogen (secondary N) is 2. The molecule has 2 aromatic carbocycles. The monoisotopic (exact) mass is 354 g/mol. The third-order valence-electron chi connectivity index (χ3n) is 3.98. The molecule has 2 aromatic rings. The quantitative estimate of drug-likeness (QED) is 0.386. The van der Waals surface area contributed by atoms with Crippen LogP contribution < -0.4 is 25.6 Å². The van der Waals surface area contributed by atoms with Crippen LogP contribution >= 0.6 is 0 Å². The van der Waals surface area contributed by atoms with E-state index in [2.05, 4.69) is 5.32 Å². The zero-order valence-electron chi connectivity index (χ0n) is 15.7. The Morgan fingerprint density at radius 2 is 2.04 bits per heavy atom. The number of benzene rings is 2. The number of nitrogens with two attached hydrogens (primary N) is 1. The Kier molecular flexibility index (Phi) is 6.63. The van der Waals surface area contributed by atoms with Crippen molar-refractivity contribution in [3.05, 3.63) is 65.4 Å². The first-order valence-corrected chi connectivity index (χ1v) is 8.28. The lowest BCUT2D eigenvalue weighted by molar-refractivity contribution is 0.295. The van der Waals surface area contributed by atoms with Crippen LogP contribution in [0.25, 0.3) is 0 Å². The Hall–Kier alpha value is -2.99. The highest BCUT2D eigenvalue weighted by atomic mass is 16.5. The first-order chi connectivity index (χ1) is 12.5. The average Bonchev–Trinajstić information content (AvgIpc) is 2.64. The molecule has 0 bridgehead atoms. The lowest BCUT2D eigenvalue weighted by atomic mass is 10.1. The van der Waals surface area contributed by atoms with Gasteiger partial charge in [-0.05, 0) is 60.7 Å². The van der Waals surface area contributed by atoms with Crippen LogP contribution in [0, 0.1) is 12.3 Å². The Bertz CT molecular complexity index is 800.